The minimum Gasteiger partial charge on any atom is -0.340 e. The van der Waals surface area contributed by atoms with Gasteiger partial charge in [0.1, 0.15) is 0 Å². The van der Waals surface area contributed by atoms with E-state index < -0.39 is 11.2 Å². The van der Waals surface area contributed by atoms with Crippen LogP contribution in [0.15, 0.2) is 40.4 Å². The molecule has 0 amide bonds. The first-order valence-electron chi connectivity index (χ1n) is 10.2. The van der Waals surface area contributed by atoms with E-state index >= 15 is 0 Å². The van der Waals surface area contributed by atoms with Crippen molar-refractivity contribution < 1.29 is 0 Å². The normalized spacial score (nSPS) is 15.1. The Balaban J connectivity index is 1.59. The molecule has 4 rings (SSSR count). The van der Waals surface area contributed by atoms with E-state index in [9.17, 15) is 9.59 Å². The van der Waals surface area contributed by atoms with E-state index in [4.69, 9.17) is 0 Å². The highest BCUT2D eigenvalue weighted by molar-refractivity contribution is 5.74. The monoisotopic (exact) mass is 408 g/mol. The first kappa shape index (κ1) is 20.2. The summed E-state index contributed by atoms with van der Waals surface area (Å²) in [5.74, 6) is 0.711. The lowest BCUT2D eigenvalue weighted by Crippen LogP contribution is -2.47. The minimum absolute atomic E-state index is 0.401. The van der Waals surface area contributed by atoms with Crippen molar-refractivity contribution >= 4 is 17.1 Å². The number of H-pyrrole nitrogens is 1. The third-order valence-electron chi connectivity index (χ3n) is 5.85. The Bertz CT molecular complexity index is 1210. The first-order valence-corrected chi connectivity index (χ1v) is 10.2. The summed E-state index contributed by atoms with van der Waals surface area (Å²) in [6.07, 6.45) is 1.74. The van der Waals surface area contributed by atoms with Gasteiger partial charge in [-0.15, -0.1) is 6.58 Å². The summed E-state index contributed by atoms with van der Waals surface area (Å²) in [5.41, 5.74) is 3.90. The number of piperazine rings is 1. The number of aromatic amines is 1. The fourth-order valence-corrected chi connectivity index (χ4v) is 4.08. The second-order valence-electron chi connectivity index (χ2n) is 7.99. The average molecular weight is 409 g/mol. The van der Waals surface area contributed by atoms with Crippen molar-refractivity contribution in [2.75, 3.05) is 31.1 Å². The molecule has 1 fully saturated rings. The molecule has 0 aliphatic carbocycles. The maximum atomic E-state index is 12.5. The van der Waals surface area contributed by atoms with Crippen molar-refractivity contribution in [2.24, 2.45) is 7.05 Å². The van der Waals surface area contributed by atoms with Gasteiger partial charge in [-0.25, -0.2) is 4.79 Å². The Morgan fingerprint density at radius 3 is 2.60 bits per heavy atom. The summed E-state index contributed by atoms with van der Waals surface area (Å²) < 4.78 is 3.23. The van der Waals surface area contributed by atoms with Crippen LogP contribution in [0.1, 0.15) is 16.7 Å². The van der Waals surface area contributed by atoms with Crippen molar-refractivity contribution in [3.63, 3.8) is 0 Å². The molecule has 0 spiro atoms. The van der Waals surface area contributed by atoms with Gasteiger partial charge in [0.2, 0.25) is 5.95 Å². The van der Waals surface area contributed by atoms with Gasteiger partial charge in [0.15, 0.2) is 11.2 Å². The Morgan fingerprint density at radius 2 is 1.90 bits per heavy atom. The molecule has 30 heavy (non-hydrogen) atoms. The van der Waals surface area contributed by atoms with Crippen LogP contribution < -0.4 is 16.1 Å². The van der Waals surface area contributed by atoms with Gasteiger partial charge in [0.05, 0.1) is 0 Å². The number of aromatic nitrogens is 4. The van der Waals surface area contributed by atoms with Crippen LogP contribution in [0.2, 0.25) is 0 Å². The van der Waals surface area contributed by atoms with Crippen LogP contribution in [-0.2, 0) is 20.1 Å². The molecule has 0 radical (unpaired) electrons. The number of imidazole rings is 1. The first-order chi connectivity index (χ1) is 14.4. The number of benzene rings is 1. The number of nitrogens with zero attached hydrogens (tertiary/aromatic N) is 5. The quantitative estimate of drug-likeness (QED) is 0.648. The fraction of sp³-hybridized carbons (Fsp3) is 0.409. The summed E-state index contributed by atoms with van der Waals surface area (Å²) in [7, 11) is 1.62. The molecule has 3 aromatic rings. The van der Waals surface area contributed by atoms with Gasteiger partial charge in [-0.3, -0.25) is 19.2 Å². The van der Waals surface area contributed by atoms with Crippen molar-refractivity contribution in [3.05, 3.63) is 68.4 Å². The van der Waals surface area contributed by atoms with E-state index in [-0.39, 0.29) is 0 Å². The molecule has 1 N–H and O–H groups in total. The maximum Gasteiger partial charge on any atom is 0.329 e. The van der Waals surface area contributed by atoms with Crippen LogP contribution >= 0.6 is 0 Å². The van der Waals surface area contributed by atoms with Gasteiger partial charge in [0.25, 0.3) is 5.56 Å². The number of hydrogen-bond acceptors (Lipinski definition) is 5. The molecule has 1 saturated heterocycles. The largest absolute Gasteiger partial charge is 0.340 e. The van der Waals surface area contributed by atoms with E-state index in [1.54, 1.807) is 13.1 Å². The van der Waals surface area contributed by atoms with Gasteiger partial charge in [0, 0.05) is 46.3 Å². The van der Waals surface area contributed by atoms with Gasteiger partial charge < -0.3 is 9.47 Å². The molecule has 3 heterocycles. The Kier molecular flexibility index (Phi) is 5.34. The molecule has 158 valence electrons. The Labute approximate surface area is 175 Å². The third-order valence-corrected chi connectivity index (χ3v) is 5.85. The summed E-state index contributed by atoms with van der Waals surface area (Å²) in [5, 5.41) is 0. The van der Waals surface area contributed by atoms with E-state index in [1.807, 2.05) is 4.57 Å². The number of nitrogens with one attached hydrogen (secondary N) is 1. The minimum atomic E-state index is -0.458. The van der Waals surface area contributed by atoms with Crippen molar-refractivity contribution in [1.82, 2.24) is 24.0 Å². The van der Waals surface area contributed by atoms with E-state index in [0.29, 0.717) is 23.7 Å². The molecule has 0 bridgehead atoms. The highest BCUT2D eigenvalue weighted by atomic mass is 16.2. The number of fused-ring (bicyclic) bond motifs is 1. The summed E-state index contributed by atoms with van der Waals surface area (Å²) in [6.45, 7) is 12.9. The highest BCUT2D eigenvalue weighted by Gasteiger charge is 2.24. The fourth-order valence-electron chi connectivity index (χ4n) is 4.08. The number of anilines is 1. The molecule has 8 heteroatoms. The SMILES string of the molecule is C=CCn1c(N2CCN(Cc3cc(C)ccc3C)CC2)nc2c1c(=O)[nH]c(=O)n2C. The molecule has 2 aromatic heterocycles. The van der Waals surface area contributed by atoms with Crippen LogP contribution in [0.3, 0.4) is 0 Å². The zero-order chi connectivity index (χ0) is 21.4. The lowest BCUT2D eigenvalue weighted by molar-refractivity contribution is 0.248. The number of rotatable bonds is 5. The van der Waals surface area contributed by atoms with Crippen molar-refractivity contribution in [2.45, 2.75) is 26.9 Å². The summed E-state index contributed by atoms with van der Waals surface area (Å²) in [4.78, 5) is 36.1. The Morgan fingerprint density at radius 1 is 1.17 bits per heavy atom. The smallest absolute Gasteiger partial charge is 0.329 e. The molecule has 1 aromatic carbocycles. The van der Waals surface area contributed by atoms with Gasteiger partial charge in [-0.05, 0) is 25.0 Å². The van der Waals surface area contributed by atoms with Crippen molar-refractivity contribution in [3.8, 4) is 0 Å². The Hall–Kier alpha value is -3.13. The van der Waals surface area contributed by atoms with Crippen LogP contribution in [-0.4, -0.2) is 50.2 Å². The van der Waals surface area contributed by atoms with E-state index in [2.05, 4.69) is 58.4 Å². The van der Waals surface area contributed by atoms with Gasteiger partial charge in [-0.2, -0.15) is 4.98 Å². The number of hydrogen-bond donors (Lipinski definition) is 1. The molecule has 1 aliphatic rings. The van der Waals surface area contributed by atoms with E-state index in [1.165, 1.54) is 21.3 Å². The highest BCUT2D eigenvalue weighted by Crippen LogP contribution is 2.22. The third kappa shape index (κ3) is 3.59. The van der Waals surface area contributed by atoms with Crippen LogP contribution in [0.5, 0.6) is 0 Å². The van der Waals surface area contributed by atoms with Crippen LogP contribution in [0, 0.1) is 13.8 Å². The molecule has 0 unspecified atom stereocenters. The van der Waals surface area contributed by atoms with Crippen LogP contribution in [0.4, 0.5) is 5.95 Å². The average Bonchev–Trinajstić information content (AvgIpc) is 3.10. The molecular formula is C22H28N6O2. The molecule has 0 saturated carbocycles. The summed E-state index contributed by atoms with van der Waals surface area (Å²) >= 11 is 0. The lowest BCUT2D eigenvalue weighted by Gasteiger charge is -2.35. The second kappa shape index (κ2) is 7.95. The van der Waals surface area contributed by atoms with Gasteiger partial charge >= 0.3 is 5.69 Å². The predicted molar refractivity (Wildman–Crippen MR) is 119 cm³/mol. The number of aryl methyl sites for hydroxylation is 3. The zero-order valence-corrected chi connectivity index (χ0v) is 17.8. The topological polar surface area (TPSA) is 79.2 Å². The summed E-state index contributed by atoms with van der Waals surface area (Å²) in [6, 6.07) is 6.59. The van der Waals surface area contributed by atoms with Crippen LogP contribution in [0.25, 0.3) is 11.2 Å². The molecule has 1 aliphatic heterocycles. The standard InChI is InChI=1S/C22H28N6O2/c1-5-8-28-18-19(25(4)22(30)24-20(18)29)23-21(28)27-11-9-26(10-12-27)14-17-13-15(2)6-7-16(17)3/h5-7,13H,1,8-12,14H2,2-4H3,(H,24,29,30). The molecule has 0 atom stereocenters. The molecular weight excluding hydrogens is 380 g/mol. The molecule has 8 nitrogen and oxygen atoms in total. The van der Waals surface area contributed by atoms with Crippen molar-refractivity contribution in [1.29, 1.82) is 0 Å². The van der Waals surface area contributed by atoms with Gasteiger partial charge in [-0.1, -0.05) is 29.8 Å². The predicted octanol–water partition coefficient (Wildman–Crippen LogP) is 1.55. The zero-order valence-electron chi connectivity index (χ0n) is 17.8. The lowest BCUT2D eigenvalue weighted by atomic mass is 10.0. The maximum absolute atomic E-state index is 12.5. The second-order valence-corrected chi connectivity index (χ2v) is 7.99. The number of allylic oxidation sites excluding steroid dienone is 1. The van der Waals surface area contributed by atoms with E-state index in [0.717, 1.165) is 32.7 Å².